The van der Waals surface area contributed by atoms with Crippen molar-refractivity contribution in [3.63, 3.8) is 0 Å². The zero-order valence-electron chi connectivity index (χ0n) is 21.5. The van der Waals surface area contributed by atoms with Gasteiger partial charge in [-0.3, -0.25) is 4.74 Å². The van der Waals surface area contributed by atoms with Crippen LogP contribution in [0.2, 0.25) is 0 Å². The van der Waals surface area contributed by atoms with Crippen LogP contribution in [-0.2, 0) is 28.5 Å². The molecule has 0 saturated carbocycles. The Kier molecular flexibility index (Phi) is 19.9. The van der Waals surface area contributed by atoms with Gasteiger partial charge in [-0.25, -0.2) is 4.74 Å². The van der Waals surface area contributed by atoms with Crippen LogP contribution < -0.4 is 0 Å². The van der Waals surface area contributed by atoms with Crippen LogP contribution in [0.5, 0.6) is 0 Å². The number of hydroxylamine groups is 1. The summed E-state index contributed by atoms with van der Waals surface area (Å²) >= 11 is 4.09. The average molecular weight is 636 g/mol. The second-order valence-corrected chi connectivity index (χ2v) is 8.62. The molecule has 0 aliphatic heterocycles. The molecule has 0 rings (SSSR count). The van der Waals surface area contributed by atoms with Gasteiger partial charge in [0.1, 0.15) is 13.2 Å². The number of hydrogen-bond donors (Lipinski definition) is 2. The molecule has 0 aliphatic rings. The fourth-order valence-electron chi connectivity index (χ4n) is 2.74. The molecule has 1 atom stereocenters. The zero-order valence-corrected chi connectivity index (χ0v) is 22.4. The maximum Gasteiger partial charge on any atom is 0.466 e. The monoisotopic (exact) mass is 635 g/mol. The Labute approximate surface area is 230 Å². The summed E-state index contributed by atoms with van der Waals surface area (Å²) in [5, 5.41) is 6.05. The fourth-order valence-corrected chi connectivity index (χ4v) is 2.96. The Morgan fingerprint density at radius 3 is 1.73 bits per heavy atom. The van der Waals surface area contributed by atoms with Crippen LogP contribution in [0, 0.1) is 0 Å². The highest BCUT2D eigenvalue weighted by Gasteiger charge is 2.66. The number of aliphatic hydroxyl groups excluding tert-OH is 1. The predicted octanol–water partition coefficient (Wildman–Crippen LogP) is 5.85. The first-order valence-corrected chi connectivity index (χ1v) is 12.8. The molecule has 19 heteroatoms. The minimum Gasteiger partial charge on any atom is -0.394 e. The molecule has 0 bridgehead atoms. The first-order chi connectivity index (χ1) is 18.6. The van der Waals surface area contributed by atoms with Crippen molar-refractivity contribution in [2.75, 3.05) is 52.0 Å². The van der Waals surface area contributed by atoms with E-state index in [1.807, 2.05) is 0 Å². The number of ether oxygens (including phenoxy) is 5. The van der Waals surface area contributed by atoms with Crippen LogP contribution in [0.4, 0.5) is 44.0 Å². The van der Waals surface area contributed by atoms with E-state index in [1.54, 1.807) is 0 Å². The van der Waals surface area contributed by atoms with Gasteiger partial charge in [0.25, 0.3) is 0 Å². The highest BCUT2D eigenvalue weighted by Crippen LogP contribution is 2.41. The molecule has 0 aromatic heterocycles. The van der Waals surface area contributed by atoms with Crippen molar-refractivity contribution in [3.8, 4) is 0 Å². The van der Waals surface area contributed by atoms with Crippen molar-refractivity contribution in [3.05, 3.63) is 0 Å². The summed E-state index contributed by atoms with van der Waals surface area (Å²) in [6.45, 7) is -9.59. The summed E-state index contributed by atoms with van der Waals surface area (Å²) in [5.41, 5.74) is 0. The molecular formula is C21H35F10NO7S. The molecule has 40 heavy (non-hydrogen) atoms. The summed E-state index contributed by atoms with van der Waals surface area (Å²) in [6, 6.07) is 0. The molecule has 0 aromatic carbocycles. The third-order valence-electron chi connectivity index (χ3n) is 4.59. The second-order valence-electron chi connectivity index (χ2n) is 8.18. The number of aliphatic hydroxyl groups is 1. The number of unbranched alkanes of at least 4 members (excludes halogenated alkanes) is 7. The number of nitrogens with zero attached hydrogens (tertiary/aromatic N) is 1. The van der Waals surface area contributed by atoms with Gasteiger partial charge in [0.15, 0.2) is 0 Å². The van der Waals surface area contributed by atoms with Gasteiger partial charge in [0, 0.05) is 11.9 Å². The number of halogens is 10. The van der Waals surface area contributed by atoms with Crippen LogP contribution in [0.25, 0.3) is 0 Å². The van der Waals surface area contributed by atoms with Crippen LogP contribution in [0.1, 0.15) is 51.4 Å². The molecule has 0 heterocycles. The molecular weight excluding hydrogens is 600 g/mol. The van der Waals surface area contributed by atoms with Crippen molar-refractivity contribution in [1.82, 2.24) is 5.29 Å². The molecule has 0 aromatic rings. The van der Waals surface area contributed by atoms with Gasteiger partial charge in [-0.2, -0.15) is 57.0 Å². The van der Waals surface area contributed by atoms with Gasteiger partial charge < -0.3 is 19.3 Å². The lowest BCUT2D eigenvalue weighted by Crippen LogP contribution is -2.53. The minimum atomic E-state index is -6.32. The highest BCUT2D eigenvalue weighted by atomic mass is 32.1. The molecule has 0 aliphatic carbocycles. The van der Waals surface area contributed by atoms with E-state index < -0.39 is 56.0 Å². The molecule has 0 saturated heterocycles. The van der Waals surface area contributed by atoms with Gasteiger partial charge in [-0.05, 0) is 18.6 Å². The summed E-state index contributed by atoms with van der Waals surface area (Å²) in [5.74, 6) is 0.799. The van der Waals surface area contributed by atoms with Crippen molar-refractivity contribution in [2.45, 2.75) is 82.3 Å². The van der Waals surface area contributed by atoms with E-state index in [9.17, 15) is 44.0 Å². The third-order valence-corrected chi connectivity index (χ3v) is 4.91. The SMILES string of the molecule is OCCOCCOCC(F)(F)OC(F)N(F)OC(F)(F)C(F)(F)OC(F)(F)COCCCCCCCCCCS. The highest BCUT2D eigenvalue weighted by molar-refractivity contribution is 7.80. The van der Waals surface area contributed by atoms with Crippen LogP contribution in [0.3, 0.4) is 0 Å². The van der Waals surface area contributed by atoms with E-state index in [0.717, 1.165) is 44.3 Å². The Bertz CT molecular complexity index is 645. The predicted molar refractivity (Wildman–Crippen MR) is 121 cm³/mol. The van der Waals surface area contributed by atoms with E-state index in [1.165, 1.54) is 0 Å². The molecule has 0 fully saturated rings. The van der Waals surface area contributed by atoms with Crippen LogP contribution in [-0.4, -0.2) is 93.3 Å². The molecule has 0 radical (unpaired) electrons. The Balaban J connectivity index is 4.48. The smallest absolute Gasteiger partial charge is 0.394 e. The first-order valence-electron chi connectivity index (χ1n) is 12.2. The standard InChI is InChI=1S/C21H35F10NO7S/c22-17(37-18(23,24)15-36-13-12-34-11-9-33)32(31)39-21(29,30)20(27,28)38-19(25,26)16-35-10-7-5-3-1-2-4-6-8-14-40/h17,33,40H,1-16H2. The van der Waals surface area contributed by atoms with Gasteiger partial charge in [0.05, 0.1) is 26.4 Å². The maximum absolute atomic E-state index is 13.6. The molecule has 1 N–H and O–H groups in total. The van der Waals surface area contributed by atoms with E-state index in [2.05, 4.69) is 41.2 Å². The zero-order chi connectivity index (χ0) is 30.7. The normalized spacial score (nSPS) is 14.3. The van der Waals surface area contributed by atoms with Gasteiger partial charge in [0.2, 0.25) is 0 Å². The van der Waals surface area contributed by atoms with Gasteiger partial charge >= 0.3 is 30.9 Å². The fraction of sp³-hybridized carbons (Fsp3) is 1.00. The Morgan fingerprint density at radius 2 is 1.15 bits per heavy atom. The third kappa shape index (κ3) is 18.7. The van der Waals surface area contributed by atoms with Crippen molar-refractivity contribution in [1.29, 1.82) is 0 Å². The second kappa shape index (κ2) is 20.3. The summed E-state index contributed by atoms with van der Waals surface area (Å²) < 4.78 is 154. The lowest BCUT2D eigenvalue weighted by Gasteiger charge is -2.30. The van der Waals surface area contributed by atoms with E-state index in [0.29, 0.717) is 6.42 Å². The lowest BCUT2D eigenvalue weighted by atomic mass is 10.1. The van der Waals surface area contributed by atoms with Gasteiger partial charge in [-0.1, -0.05) is 38.5 Å². The number of thiol groups is 1. The number of hydrogen-bond acceptors (Lipinski definition) is 9. The number of alkyl halides is 9. The molecule has 242 valence electrons. The molecule has 0 spiro atoms. The van der Waals surface area contributed by atoms with Crippen molar-refractivity contribution in [2.24, 2.45) is 0 Å². The molecule has 1 unspecified atom stereocenters. The van der Waals surface area contributed by atoms with Crippen LogP contribution in [0.15, 0.2) is 0 Å². The topological polar surface area (TPSA) is 78.9 Å². The van der Waals surface area contributed by atoms with E-state index in [4.69, 9.17) is 5.11 Å². The largest absolute Gasteiger partial charge is 0.466 e. The van der Waals surface area contributed by atoms with Crippen LogP contribution >= 0.6 is 12.6 Å². The van der Waals surface area contributed by atoms with Gasteiger partial charge in [-0.15, -0.1) is 4.48 Å². The quantitative estimate of drug-likeness (QED) is 0.0221. The average Bonchev–Trinajstić information content (AvgIpc) is 2.83. The Morgan fingerprint density at radius 1 is 0.650 bits per heavy atom. The summed E-state index contributed by atoms with van der Waals surface area (Å²) in [6.07, 6.45) is -15.8. The minimum absolute atomic E-state index is 0.156. The molecule has 0 amide bonds. The molecule has 8 nitrogen and oxygen atoms in total. The lowest BCUT2D eigenvalue weighted by molar-refractivity contribution is -0.557. The Hall–Kier alpha value is -0.670. The van der Waals surface area contributed by atoms with E-state index in [-0.39, 0.29) is 32.8 Å². The summed E-state index contributed by atoms with van der Waals surface area (Å²) in [4.78, 5) is 2.60. The van der Waals surface area contributed by atoms with E-state index >= 15 is 0 Å². The van der Waals surface area contributed by atoms with Crippen molar-refractivity contribution >= 4 is 12.6 Å². The first kappa shape index (κ1) is 39.3. The summed E-state index contributed by atoms with van der Waals surface area (Å²) in [7, 11) is 0. The van der Waals surface area contributed by atoms with Crippen molar-refractivity contribution < 1.29 is 77.6 Å². The maximum atomic E-state index is 13.6. The number of rotatable bonds is 27.